The Balaban J connectivity index is 2.16. The predicted octanol–water partition coefficient (Wildman–Crippen LogP) is 2.36. The zero-order valence-corrected chi connectivity index (χ0v) is 11.7. The van der Waals surface area contributed by atoms with E-state index in [2.05, 4.69) is 43.0 Å². The van der Waals surface area contributed by atoms with Crippen LogP contribution in [0.25, 0.3) is 0 Å². The highest BCUT2D eigenvalue weighted by Gasteiger charge is 2.35. The van der Waals surface area contributed by atoms with Crippen LogP contribution in [0.2, 0.25) is 0 Å². The van der Waals surface area contributed by atoms with E-state index in [1.54, 1.807) is 0 Å². The third-order valence-corrected chi connectivity index (χ3v) is 3.45. The van der Waals surface area contributed by atoms with E-state index in [0.717, 1.165) is 13.1 Å². The monoisotopic (exact) mass is 249 g/mol. The van der Waals surface area contributed by atoms with Crippen LogP contribution in [-0.2, 0) is 4.74 Å². The van der Waals surface area contributed by atoms with E-state index in [9.17, 15) is 5.11 Å². The van der Waals surface area contributed by atoms with Crippen molar-refractivity contribution in [1.29, 1.82) is 0 Å². The maximum atomic E-state index is 10.1. The summed E-state index contributed by atoms with van der Waals surface area (Å²) < 4.78 is 5.83. The lowest BCUT2D eigenvalue weighted by molar-refractivity contribution is -0.120. The molecule has 100 valence electrons. The van der Waals surface area contributed by atoms with Gasteiger partial charge in [-0.2, -0.15) is 0 Å². The van der Waals surface area contributed by atoms with Crippen molar-refractivity contribution in [2.45, 2.75) is 45.5 Å². The summed E-state index contributed by atoms with van der Waals surface area (Å²) in [7, 11) is 0. The fourth-order valence-electron chi connectivity index (χ4n) is 2.31. The maximum Gasteiger partial charge on any atom is 0.103 e. The van der Waals surface area contributed by atoms with E-state index >= 15 is 0 Å². The molecule has 1 aliphatic rings. The minimum atomic E-state index is -0.808. The lowest BCUT2D eigenvalue weighted by atomic mass is 9.99. The van der Waals surface area contributed by atoms with Gasteiger partial charge in [0.05, 0.1) is 11.7 Å². The molecule has 0 spiro atoms. The zero-order valence-electron chi connectivity index (χ0n) is 11.7. The van der Waals surface area contributed by atoms with E-state index in [1.807, 2.05) is 13.8 Å². The molecule has 1 aromatic rings. The normalized spacial score (nSPS) is 25.3. The molecule has 0 radical (unpaired) electrons. The van der Waals surface area contributed by atoms with E-state index < -0.39 is 5.60 Å². The number of rotatable bonds is 2. The minimum absolute atomic E-state index is 0.136. The van der Waals surface area contributed by atoms with Crippen LogP contribution >= 0.6 is 0 Å². The van der Waals surface area contributed by atoms with Crippen molar-refractivity contribution in [2.75, 3.05) is 18.0 Å². The Hall–Kier alpha value is -1.06. The number of anilines is 1. The van der Waals surface area contributed by atoms with Gasteiger partial charge in [0.25, 0.3) is 0 Å². The van der Waals surface area contributed by atoms with Crippen molar-refractivity contribution in [2.24, 2.45) is 0 Å². The second-order valence-corrected chi connectivity index (χ2v) is 5.83. The smallest absolute Gasteiger partial charge is 0.103 e. The molecule has 1 saturated heterocycles. The van der Waals surface area contributed by atoms with Crippen molar-refractivity contribution in [1.82, 2.24) is 0 Å². The molecular weight excluding hydrogens is 226 g/mol. The van der Waals surface area contributed by atoms with Gasteiger partial charge >= 0.3 is 0 Å². The third-order valence-electron chi connectivity index (χ3n) is 3.45. The highest BCUT2D eigenvalue weighted by Crippen LogP contribution is 2.25. The number of nitrogens with zero attached hydrogens (tertiary/aromatic N) is 1. The van der Waals surface area contributed by atoms with Gasteiger partial charge in [0.2, 0.25) is 0 Å². The van der Waals surface area contributed by atoms with Gasteiger partial charge in [0.1, 0.15) is 6.10 Å². The van der Waals surface area contributed by atoms with Crippen LogP contribution in [-0.4, -0.2) is 36.0 Å². The predicted molar refractivity (Wildman–Crippen MR) is 74.0 cm³/mol. The Labute approximate surface area is 109 Å². The Kier molecular flexibility index (Phi) is 3.64. The molecule has 0 saturated carbocycles. The van der Waals surface area contributed by atoms with Crippen molar-refractivity contribution < 1.29 is 9.84 Å². The van der Waals surface area contributed by atoms with Crippen molar-refractivity contribution in [3.8, 4) is 0 Å². The van der Waals surface area contributed by atoms with Crippen LogP contribution in [0.5, 0.6) is 0 Å². The van der Waals surface area contributed by atoms with Gasteiger partial charge in [0, 0.05) is 18.8 Å². The molecule has 0 unspecified atom stereocenters. The van der Waals surface area contributed by atoms with Crippen LogP contribution in [0, 0.1) is 6.92 Å². The Bertz CT molecular complexity index is 394. The Morgan fingerprint density at radius 3 is 2.39 bits per heavy atom. The van der Waals surface area contributed by atoms with Gasteiger partial charge in [-0.05, 0) is 39.8 Å². The summed E-state index contributed by atoms with van der Waals surface area (Å²) >= 11 is 0. The average molecular weight is 249 g/mol. The fraction of sp³-hybridized carbons (Fsp3) is 0.600. The molecule has 0 aliphatic carbocycles. The SMILES string of the molecule is Cc1ccc(N2C[C@@H](C(C)(C)O)O[C@@H](C)C2)cc1. The fourth-order valence-corrected chi connectivity index (χ4v) is 2.31. The van der Waals surface area contributed by atoms with Gasteiger partial charge in [-0.1, -0.05) is 17.7 Å². The molecule has 0 bridgehead atoms. The van der Waals surface area contributed by atoms with E-state index in [4.69, 9.17) is 4.74 Å². The second kappa shape index (κ2) is 4.90. The molecule has 3 nitrogen and oxygen atoms in total. The van der Waals surface area contributed by atoms with Gasteiger partial charge in [-0.3, -0.25) is 0 Å². The second-order valence-electron chi connectivity index (χ2n) is 5.83. The van der Waals surface area contributed by atoms with E-state index in [-0.39, 0.29) is 12.2 Å². The van der Waals surface area contributed by atoms with Gasteiger partial charge in [-0.25, -0.2) is 0 Å². The van der Waals surface area contributed by atoms with Crippen molar-refractivity contribution >= 4 is 5.69 Å². The van der Waals surface area contributed by atoms with Crippen LogP contribution in [0.3, 0.4) is 0 Å². The molecule has 3 heteroatoms. The standard InChI is InChI=1S/C15H23NO2/c1-11-5-7-13(8-6-11)16-9-12(2)18-14(10-16)15(3,4)17/h5-8,12,14,17H,9-10H2,1-4H3/t12-,14-/m0/s1. The van der Waals surface area contributed by atoms with Crippen LogP contribution in [0.1, 0.15) is 26.3 Å². The number of benzene rings is 1. The number of aryl methyl sites for hydroxylation is 1. The third kappa shape index (κ3) is 3.03. The number of aliphatic hydroxyl groups is 1. The molecule has 1 N–H and O–H groups in total. The first kappa shape index (κ1) is 13.4. The van der Waals surface area contributed by atoms with E-state index in [1.165, 1.54) is 11.3 Å². The topological polar surface area (TPSA) is 32.7 Å². The number of morpholine rings is 1. The first-order valence-corrected chi connectivity index (χ1v) is 6.55. The minimum Gasteiger partial charge on any atom is -0.388 e. The summed E-state index contributed by atoms with van der Waals surface area (Å²) in [6.45, 7) is 9.36. The zero-order chi connectivity index (χ0) is 13.3. The van der Waals surface area contributed by atoms with Crippen molar-refractivity contribution in [3.63, 3.8) is 0 Å². The molecule has 1 aromatic carbocycles. The molecule has 18 heavy (non-hydrogen) atoms. The molecule has 1 heterocycles. The highest BCUT2D eigenvalue weighted by atomic mass is 16.5. The number of ether oxygens (including phenoxy) is 1. The van der Waals surface area contributed by atoms with Gasteiger partial charge in [-0.15, -0.1) is 0 Å². The molecular formula is C15H23NO2. The van der Waals surface area contributed by atoms with Crippen LogP contribution in [0.4, 0.5) is 5.69 Å². The molecule has 1 fully saturated rings. The summed E-state index contributed by atoms with van der Waals surface area (Å²) in [6.07, 6.45) is -0.0148. The number of hydrogen-bond donors (Lipinski definition) is 1. The molecule has 1 aliphatic heterocycles. The van der Waals surface area contributed by atoms with Gasteiger partial charge < -0.3 is 14.7 Å². The Morgan fingerprint density at radius 1 is 1.22 bits per heavy atom. The average Bonchev–Trinajstić information content (AvgIpc) is 2.28. The lowest BCUT2D eigenvalue weighted by Gasteiger charge is -2.42. The first-order chi connectivity index (χ1) is 8.36. The maximum absolute atomic E-state index is 10.1. The number of hydrogen-bond acceptors (Lipinski definition) is 3. The highest BCUT2D eigenvalue weighted by molar-refractivity contribution is 5.48. The summed E-state index contributed by atoms with van der Waals surface area (Å²) in [5.41, 5.74) is 1.65. The first-order valence-electron chi connectivity index (χ1n) is 6.55. The summed E-state index contributed by atoms with van der Waals surface area (Å²) in [4.78, 5) is 2.29. The quantitative estimate of drug-likeness (QED) is 0.873. The molecule has 0 amide bonds. The van der Waals surface area contributed by atoms with Crippen LogP contribution in [0.15, 0.2) is 24.3 Å². The van der Waals surface area contributed by atoms with E-state index in [0.29, 0.717) is 0 Å². The molecule has 2 atom stereocenters. The van der Waals surface area contributed by atoms with Crippen molar-refractivity contribution in [3.05, 3.63) is 29.8 Å². The van der Waals surface area contributed by atoms with Crippen LogP contribution < -0.4 is 4.90 Å². The summed E-state index contributed by atoms with van der Waals surface area (Å²) in [5.74, 6) is 0. The van der Waals surface area contributed by atoms with Gasteiger partial charge in [0.15, 0.2) is 0 Å². The largest absolute Gasteiger partial charge is 0.388 e. The summed E-state index contributed by atoms with van der Waals surface area (Å²) in [6, 6.07) is 8.51. The lowest BCUT2D eigenvalue weighted by Crippen LogP contribution is -2.54. The summed E-state index contributed by atoms with van der Waals surface area (Å²) in [5, 5.41) is 10.1. The molecule has 0 aromatic heterocycles. The Morgan fingerprint density at radius 2 is 1.83 bits per heavy atom. The molecule has 2 rings (SSSR count).